The van der Waals surface area contributed by atoms with E-state index in [4.69, 9.17) is 21.9 Å². The van der Waals surface area contributed by atoms with E-state index in [2.05, 4.69) is 5.38 Å². The molecule has 0 spiro atoms. The second-order valence-electron chi connectivity index (χ2n) is 7.72. The number of aliphatic hydroxyl groups is 1. The minimum Gasteiger partial charge on any atom is -0.520 e. The summed E-state index contributed by atoms with van der Waals surface area (Å²) in [5.41, 5.74) is 1.62. The zero-order chi connectivity index (χ0) is 19.8. The number of rotatable bonds is 7. The van der Waals surface area contributed by atoms with Crippen molar-refractivity contribution in [1.82, 2.24) is 4.98 Å². The van der Waals surface area contributed by atoms with Gasteiger partial charge in [0.15, 0.2) is 7.98 Å². The summed E-state index contributed by atoms with van der Waals surface area (Å²) < 4.78 is 6.50. The molecule has 4 nitrogen and oxygen atoms in total. The molecule has 2 aromatic rings. The Kier molecular flexibility index (Phi) is 5.62. The molecule has 3 saturated heterocycles. The molecule has 1 unspecified atom stereocenters. The first kappa shape index (κ1) is 20.0. The summed E-state index contributed by atoms with van der Waals surface area (Å²) in [6.07, 6.45) is 4.83. The van der Waals surface area contributed by atoms with Crippen LogP contribution in [0.5, 0.6) is 5.75 Å². The summed E-state index contributed by atoms with van der Waals surface area (Å²) in [6, 6.07) is 7.99. The fourth-order valence-electron chi connectivity index (χ4n) is 4.33. The van der Waals surface area contributed by atoms with E-state index < -0.39 is 5.60 Å². The van der Waals surface area contributed by atoms with Crippen LogP contribution in [0.1, 0.15) is 30.7 Å². The van der Waals surface area contributed by atoms with Crippen LogP contribution < -0.4 is 4.74 Å². The third-order valence-corrected chi connectivity index (χ3v) is 7.16. The van der Waals surface area contributed by atoms with Gasteiger partial charge in [0.05, 0.1) is 24.4 Å². The van der Waals surface area contributed by atoms with Crippen LogP contribution in [0.4, 0.5) is 0 Å². The van der Waals surface area contributed by atoms with Crippen LogP contribution >= 0.6 is 23.6 Å². The molecule has 4 heterocycles. The van der Waals surface area contributed by atoms with E-state index in [9.17, 15) is 5.11 Å². The maximum Gasteiger partial charge on any atom is 0.169 e. The van der Waals surface area contributed by atoms with Crippen LogP contribution in [0.2, 0.25) is 0 Å². The number of fused-ring (bicyclic) bond motifs is 3. The molecule has 3 aliphatic heterocycles. The number of piperidine rings is 3. The number of ether oxygens (including phenoxy) is 1. The van der Waals surface area contributed by atoms with Crippen molar-refractivity contribution in [3.8, 4) is 17.0 Å². The highest BCUT2D eigenvalue weighted by Gasteiger charge is 2.49. The molecule has 0 aliphatic carbocycles. The molecular weight excluding hydrogens is 387 g/mol. The minimum atomic E-state index is -0.473. The Bertz CT molecular complexity index is 846. The van der Waals surface area contributed by atoms with Crippen LogP contribution in [-0.2, 0) is 6.42 Å². The van der Waals surface area contributed by atoms with E-state index in [1.165, 1.54) is 30.3 Å². The first-order valence-electron chi connectivity index (χ1n) is 9.61. The third kappa shape index (κ3) is 4.18. The van der Waals surface area contributed by atoms with Crippen molar-refractivity contribution in [2.75, 3.05) is 26.7 Å². The summed E-state index contributed by atoms with van der Waals surface area (Å²) in [5, 5.41) is 14.4. The normalized spacial score (nSPS) is 29.0. The minimum absolute atomic E-state index is 0.227. The fourth-order valence-corrected chi connectivity index (χ4v) is 5.50. The first-order valence-corrected chi connectivity index (χ1v) is 10.9. The first-order chi connectivity index (χ1) is 13.4. The lowest BCUT2D eigenvalue weighted by Gasteiger charge is -2.60. The third-order valence-electron chi connectivity index (χ3n) is 5.97. The predicted octanol–water partition coefficient (Wildman–Crippen LogP) is 2.76. The largest absolute Gasteiger partial charge is 0.520 e. The van der Waals surface area contributed by atoms with Crippen LogP contribution in [-0.4, -0.2) is 59.7 Å². The van der Waals surface area contributed by atoms with Gasteiger partial charge in [-0.25, -0.2) is 4.98 Å². The van der Waals surface area contributed by atoms with Gasteiger partial charge in [0.2, 0.25) is 0 Å². The highest BCUT2D eigenvalue weighted by molar-refractivity contribution is 7.80. The van der Waals surface area contributed by atoms with Crippen molar-refractivity contribution in [2.45, 2.75) is 37.7 Å². The lowest BCUT2D eigenvalue weighted by Crippen LogP contribution is -2.68. The van der Waals surface area contributed by atoms with Gasteiger partial charge < -0.3 is 14.2 Å². The number of aromatic nitrogens is 1. The second-order valence-corrected chi connectivity index (χ2v) is 9.24. The van der Waals surface area contributed by atoms with Crippen LogP contribution in [0.15, 0.2) is 29.6 Å². The summed E-state index contributed by atoms with van der Waals surface area (Å²) in [6.45, 7) is 3.65. The zero-order valence-corrected chi connectivity index (χ0v) is 17.3. The maximum absolute atomic E-state index is 11.3. The Hall–Kier alpha value is -1.28. The molecule has 0 radical (unpaired) electrons. The van der Waals surface area contributed by atoms with Crippen molar-refractivity contribution in [3.05, 3.63) is 34.7 Å². The lowest BCUT2D eigenvalue weighted by molar-refractivity contribution is -0.846. The molecule has 5 rings (SSSR count). The summed E-state index contributed by atoms with van der Waals surface area (Å²) in [4.78, 5) is 5.80. The smallest absolute Gasteiger partial charge is 0.169 e. The number of thiocarbonyl (C=S) groups is 1. The molecule has 1 aromatic carbocycles. The highest BCUT2D eigenvalue weighted by Crippen LogP contribution is 2.41. The van der Waals surface area contributed by atoms with Gasteiger partial charge in [0.1, 0.15) is 11.4 Å². The molecule has 1 N–H and O–H groups in total. The van der Waals surface area contributed by atoms with E-state index >= 15 is 0 Å². The SMILES string of the molecule is [BH3-][N+]12CCC(CC1)C(O)(CCC(=S)Cc1nc(-c3ccc(OC)cc3)cs1)C2. The Morgan fingerprint density at radius 3 is 2.71 bits per heavy atom. The number of methoxy groups -OCH3 is 1. The van der Waals surface area contributed by atoms with Crippen molar-refractivity contribution in [3.63, 3.8) is 0 Å². The fraction of sp³-hybridized carbons (Fsp3) is 0.524. The topological polar surface area (TPSA) is 42.4 Å². The van der Waals surface area contributed by atoms with E-state index in [1.54, 1.807) is 18.4 Å². The van der Waals surface area contributed by atoms with Crippen LogP contribution in [0.3, 0.4) is 0 Å². The maximum atomic E-state index is 11.3. The molecule has 1 atom stereocenters. The Morgan fingerprint density at radius 1 is 1.36 bits per heavy atom. The number of quaternary nitrogens is 1. The van der Waals surface area contributed by atoms with Gasteiger partial charge in [-0.3, -0.25) is 0 Å². The summed E-state index contributed by atoms with van der Waals surface area (Å²) >= 11 is 7.35. The molecule has 1 aromatic heterocycles. The van der Waals surface area contributed by atoms with E-state index in [-0.39, 0.29) is 7.98 Å². The number of hydrogen-bond acceptors (Lipinski definition) is 5. The number of thiazole rings is 1. The molecule has 2 bridgehead atoms. The average molecular weight is 416 g/mol. The number of nitrogens with zero attached hydrogens (tertiary/aromatic N) is 2. The quantitative estimate of drug-likeness (QED) is 0.557. The Balaban J connectivity index is 1.34. The van der Waals surface area contributed by atoms with Gasteiger partial charge in [-0.1, -0.05) is 12.2 Å². The highest BCUT2D eigenvalue weighted by atomic mass is 32.1. The molecule has 0 amide bonds. The molecule has 0 saturated carbocycles. The summed E-state index contributed by atoms with van der Waals surface area (Å²) in [7, 11) is 1.90. The van der Waals surface area contributed by atoms with Gasteiger partial charge in [-0.15, -0.1) is 11.3 Å². The van der Waals surface area contributed by atoms with E-state index in [0.717, 1.165) is 52.7 Å². The van der Waals surface area contributed by atoms with Gasteiger partial charge in [-0.2, -0.15) is 0 Å². The Labute approximate surface area is 177 Å². The molecule has 7 heteroatoms. The van der Waals surface area contributed by atoms with E-state index in [1.807, 2.05) is 24.3 Å². The van der Waals surface area contributed by atoms with Crippen molar-refractivity contribution in [2.24, 2.45) is 5.92 Å². The van der Waals surface area contributed by atoms with Crippen molar-refractivity contribution in [1.29, 1.82) is 0 Å². The average Bonchev–Trinajstić information content (AvgIpc) is 3.15. The van der Waals surface area contributed by atoms with Crippen molar-refractivity contribution < 1.29 is 14.2 Å². The van der Waals surface area contributed by atoms with Crippen molar-refractivity contribution >= 4 is 36.4 Å². The molecule has 3 aliphatic rings. The zero-order valence-electron chi connectivity index (χ0n) is 15.7. The van der Waals surface area contributed by atoms with Gasteiger partial charge >= 0.3 is 0 Å². The second kappa shape index (κ2) is 7.86. The summed E-state index contributed by atoms with van der Waals surface area (Å²) in [5.74, 6) is 1.35. The lowest BCUT2D eigenvalue weighted by atomic mass is 9.69. The van der Waals surface area contributed by atoms with E-state index in [0.29, 0.717) is 5.92 Å². The molecule has 150 valence electrons. The molecular formula is C21H29BN2O2S2. The Morgan fingerprint density at radius 2 is 2.07 bits per heavy atom. The van der Waals surface area contributed by atoms with Gasteiger partial charge in [0.25, 0.3) is 0 Å². The monoisotopic (exact) mass is 416 g/mol. The number of benzene rings is 1. The van der Waals surface area contributed by atoms with Crippen LogP contribution in [0.25, 0.3) is 11.3 Å². The van der Waals surface area contributed by atoms with Crippen LogP contribution in [0, 0.1) is 5.92 Å². The van der Waals surface area contributed by atoms with Gasteiger partial charge in [-0.05, 0) is 54.8 Å². The predicted molar refractivity (Wildman–Crippen MR) is 122 cm³/mol. The van der Waals surface area contributed by atoms with Gasteiger partial charge in [0, 0.05) is 36.4 Å². The molecule has 28 heavy (non-hydrogen) atoms. The number of hydrogen-bond donors (Lipinski definition) is 1. The standard InChI is InChI=1S/C21H29BN2O2S2/c1-26-17-4-2-15(3-5-17)19-13-28-20(23-19)12-18(27)6-9-21(25)14-24(22)10-7-16(21)8-11-24/h2-5,13,16,25H,6-12,14H2,1,22H3. The molecule has 3 fully saturated rings.